The predicted octanol–water partition coefficient (Wildman–Crippen LogP) is 3.40. The van der Waals surface area contributed by atoms with E-state index in [0.717, 1.165) is 35.9 Å². The second kappa shape index (κ2) is 8.12. The summed E-state index contributed by atoms with van der Waals surface area (Å²) >= 11 is 5.57. The van der Waals surface area contributed by atoms with Crippen molar-refractivity contribution in [1.82, 2.24) is 9.80 Å². The van der Waals surface area contributed by atoms with Crippen molar-refractivity contribution in [2.24, 2.45) is 0 Å². The van der Waals surface area contributed by atoms with Gasteiger partial charge < -0.3 is 15.1 Å². The second-order valence-electron chi connectivity index (χ2n) is 6.09. The maximum absolute atomic E-state index is 12.5. The summed E-state index contributed by atoms with van der Waals surface area (Å²) in [7, 11) is 0. The van der Waals surface area contributed by atoms with Gasteiger partial charge in [-0.15, -0.1) is 0 Å². The summed E-state index contributed by atoms with van der Waals surface area (Å²) in [5, 5.41) is 4.09. The summed E-state index contributed by atoms with van der Waals surface area (Å²) in [6.45, 7) is 5.00. The molecule has 2 aromatic carbocycles. The van der Waals surface area contributed by atoms with Crippen LogP contribution in [-0.2, 0) is 6.42 Å². The maximum Gasteiger partial charge on any atom is 0.253 e. The minimum atomic E-state index is 0.0930. The molecular formula is C20H23N3OS. The summed E-state index contributed by atoms with van der Waals surface area (Å²) in [4.78, 5) is 16.5. The fourth-order valence-electron chi connectivity index (χ4n) is 3.02. The minimum absolute atomic E-state index is 0.0930. The van der Waals surface area contributed by atoms with Crippen LogP contribution in [0.1, 0.15) is 22.8 Å². The second-order valence-corrected chi connectivity index (χ2v) is 6.47. The number of carbonyl (C=O) groups excluding carboxylic acids is 1. The van der Waals surface area contributed by atoms with Crippen LogP contribution in [0.3, 0.4) is 0 Å². The molecule has 0 saturated carbocycles. The van der Waals surface area contributed by atoms with Gasteiger partial charge in [0.15, 0.2) is 5.11 Å². The van der Waals surface area contributed by atoms with Crippen LogP contribution in [0, 0.1) is 0 Å². The summed E-state index contributed by atoms with van der Waals surface area (Å²) in [6.07, 6.45) is 0.963. The fourth-order valence-corrected chi connectivity index (χ4v) is 3.31. The van der Waals surface area contributed by atoms with Gasteiger partial charge in [0.2, 0.25) is 0 Å². The summed E-state index contributed by atoms with van der Waals surface area (Å²) in [5.41, 5.74) is 3.06. The number of carbonyl (C=O) groups is 1. The lowest BCUT2D eigenvalue weighted by atomic mass is 10.1. The van der Waals surface area contributed by atoms with Crippen molar-refractivity contribution in [3.05, 3.63) is 65.7 Å². The van der Waals surface area contributed by atoms with E-state index in [0.29, 0.717) is 13.1 Å². The molecule has 1 fully saturated rings. The fraction of sp³-hybridized carbons (Fsp3) is 0.300. The Hall–Kier alpha value is -2.40. The molecule has 0 bridgehead atoms. The molecule has 130 valence electrons. The zero-order valence-electron chi connectivity index (χ0n) is 14.4. The van der Waals surface area contributed by atoms with Gasteiger partial charge in [0.1, 0.15) is 0 Å². The summed E-state index contributed by atoms with van der Waals surface area (Å²) < 4.78 is 0. The lowest BCUT2D eigenvalue weighted by Gasteiger charge is -2.36. The standard InChI is InChI=1S/C20H23N3OS/c1-2-16-8-6-7-11-18(16)21-20(25)23-14-12-22(13-15-23)19(24)17-9-4-3-5-10-17/h3-11H,2,12-15H2,1H3,(H,21,25). The highest BCUT2D eigenvalue weighted by atomic mass is 32.1. The number of benzene rings is 2. The van der Waals surface area contributed by atoms with Crippen molar-refractivity contribution in [3.8, 4) is 0 Å². The third-order valence-electron chi connectivity index (χ3n) is 4.51. The van der Waals surface area contributed by atoms with Crippen LogP contribution in [0.4, 0.5) is 5.69 Å². The van der Waals surface area contributed by atoms with Crippen LogP contribution in [0.15, 0.2) is 54.6 Å². The molecule has 0 spiro atoms. The Bertz CT molecular complexity index is 740. The van der Waals surface area contributed by atoms with E-state index in [2.05, 4.69) is 29.3 Å². The largest absolute Gasteiger partial charge is 0.345 e. The molecular weight excluding hydrogens is 330 g/mol. The van der Waals surface area contributed by atoms with Gasteiger partial charge in [-0.05, 0) is 42.4 Å². The Labute approximate surface area is 154 Å². The van der Waals surface area contributed by atoms with E-state index in [-0.39, 0.29) is 5.91 Å². The Balaban J connectivity index is 1.57. The number of hydrogen-bond acceptors (Lipinski definition) is 2. The van der Waals surface area contributed by atoms with Crippen molar-refractivity contribution in [2.75, 3.05) is 31.5 Å². The van der Waals surface area contributed by atoms with E-state index in [9.17, 15) is 4.79 Å². The van der Waals surface area contributed by atoms with Crippen molar-refractivity contribution in [1.29, 1.82) is 0 Å². The summed E-state index contributed by atoms with van der Waals surface area (Å²) in [6, 6.07) is 17.7. The Morgan fingerprint density at radius 2 is 1.56 bits per heavy atom. The van der Waals surface area contributed by atoms with Crippen LogP contribution in [0.25, 0.3) is 0 Å². The smallest absolute Gasteiger partial charge is 0.253 e. The number of piperazine rings is 1. The Kier molecular flexibility index (Phi) is 5.66. The molecule has 0 aliphatic carbocycles. The number of hydrogen-bond donors (Lipinski definition) is 1. The number of nitrogens with one attached hydrogen (secondary N) is 1. The first-order valence-electron chi connectivity index (χ1n) is 8.67. The monoisotopic (exact) mass is 353 g/mol. The van der Waals surface area contributed by atoms with Gasteiger partial charge in [0.25, 0.3) is 5.91 Å². The van der Waals surface area contributed by atoms with Crippen LogP contribution in [0.5, 0.6) is 0 Å². The molecule has 0 aromatic heterocycles. The SMILES string of the molecule is CCc1ccccc1NC(=S)N1CCN(C(=O)c2ccccc2)CC1. The highest BCUT2D eigenvalue weighted by molar-refractivity contribution is 7.80. The quantitative estimate of drug-likeness (QED) is 0.858. The molecule has 3 rings (SSSR count). The van der Waals surface area contributed by atoms with E-state index in [1.165, 1.54) is 5.56 Å². The van der Waals surface area contributed by atoms with E-state index in [1.807, 2.05) is 47.4 Å². The molecule has 1 amide bonds. The molecule has 1 heterocycles. The third-order valence-corrected chi connectivity index (χ3v) is 4.87. The van der Waals surface area contributed by atoms with Crippen molar-refractivity contribution in [3.63, 3.8) is 0 Å². The van der Waals surface area contributed by atoms with Gasteiger partial charge >= 0.3 is 0 Å². The van der Waals surface area contributed by atoms with E-state index in [4.69, 9.17) is 12.2 Å². The molecule has 1 N–H and O–H groups in total. The molecule has 2 aromatic rings. The molecule has 25 heavy (non-hydrogen) atoms. The van der Waals surface area contributed by atoms with E-state index >= 15 is 0 Å². The van der Waals surface area contributed by atoms with Gasteiger partial charge in [0.05, 0.1) is 0 Å². The van der Waals surface area contributed by atoms with Crippen LogP contribution in [-0.4, -0.2) is 47.0 Å². The predicted molar refractivity (Wildman–Crippen MR) is 106 cm³/mol. The number of thiocarbonyl (C=S) groups is 1. The van der Waals surface area contributed by atoms with Gasteiger partial charge in [0, 0.05) is 37.4 Å². The number of anilines is 1. The average molecular weight is 353 g/mol. The molecule has 1 aliphatic rings. The normalized spacial score (nSPS) is 14.3. The number of para-hydroxylation sites is 1. The number of amides is 1. The first-order valence-corrected chi connectivity index (χ1v) is 9.08. The molecule has 0 atom stereocenters. The molecule has 5 heteroatoms. The number of aryl methyl sites for hydroxylation is 1. The van der Waals surface area contributed by atoms with Crippen molar-refractivity contribution < 1.29 is 4.79 Å². The van der Waals surface area contributed by atoms with Crippen LogP contribution in [0.2, 0.25) is 0 Å². The molecule has 0 radical (unpaired) electrons. The van der Waals surface area contributed by atoms with Gasteiger partial charge in [-0.3, -0.25) is 4.79 Å². The highest BCUT2D eigenvalue weighted by Gasteiger charge is 2.23. The van der Waals surface area contributed by atoms with Gasteiger partial charge in [-0.25, -0.2) is 0 Å². The first-order chi connectivity index (χ1) is 12.2. The molecule has 4 nitrogen and oxygen atoms in total. The topological polar surface area (TPSA) is 35.6 Å². The Morgan fingerprint density at radius 1 is 0.960 bits per heavy atom. The maximum atomic E-state index is 12.5. The number of rotatable bonds is 3. The lowest BCUT2D eigenvalue weighted by molar-refractivity contribution is 0.0693. The number of nitrogens with zero attached hydrogens (tertiary/aromatic N) is 2. The average Bonchev–Trinajstić information content (AvgIpc) is 2.68. The van der Waals surface area contributed by atoms with Gasteiger partial charge in [-0.2, -0.15) is 0 Å². The highest BCUT2D eigenvalue weighted by Crippen LogP contribution is 2.17. The van der Waals surface area contributed by atoms with Crippen LogP contribution >= 0.6 is 12.2 Å². The van der Waals surface area contributed by atoms with Crippen LogP contribution < -0.4 is 5.32 Å². The molecule has 1 aliphatic heterocycles. The minimum Gasteiger partial charge on any atom is -0.345 e. The Morgan fingerprint density at radius 3 is 2.24 bits per heavy atom. The zero-order valence-corrected chi connectivity index (χ0v) is 15.3. The lowest BCUT2D eigenvalue weighted by Crippen LogP contribution is -2.51. The summed E-state index contributed by atoms with van der Waals surface area (Å²) in [5.74, 6) is 0.0930. The molecule has 1 saturated heterocycles. The molecule has 0 unspecified atom stereocenters. The van der Waals surface area contributed by atoms with E-state index < -0.39 is 0 Å². The van der Waals surface area contributed by atoms with Crippen molar-refractivity contribution in [2.45, 2.75) is 13.3 Å². The third kappa shape index (κ3) is 4.17. The van der Waals surface area contributed by atoms with E-state index in [1.54, 1.807) is 0 Å². The van der Waals surface area contributed by atoms with Crippen molar-refractivity contribution >= 4 is 28.9 Å². The van der Waals surface area contributed by atoms with Gasteiger partial charge in [-0.1, -0.05) is 43.3 Å². The first kappa shape index (κ1) is 17.4. The zero-order chi connectivity index (χ0) is 17.6.